The van der Waals surface area contributed by atoms with Crippen molar-refractivity contribution in [3.8, 4) is 5.75 Å². The van der Waals surface area contributed by atoms with Crippen molar-refractivity contribution in [3.05, 3.63) is 24.3 Å². The van der Waals surface area contributed by atoms with Crippen LogP contribution in [0.2, 0.25) is 0 Å². The Morgan fingerprint density at radius 1 is 1.41 bits per heavy atom. The molecule has 4 heteroatoms. The van der Waals surface area contributed by atoms with Crippen LogP contribution in [0.4, 0.5) is 5.69 Å². The predicted octanol–water partition coefficient (Wildman–Crippen LogP) is 1.75. The third-order valence-electron chi connectivity index (χ3n) is 3.68. The Balaban J connectivity index is 1.96. The second-order valence-corrected chi connectivity index (χ2v) is 4.63. The molecule has 1 fully saturated rings. The first-order valence-corrected chi connectivity index (χ1v) is 5.98. The second kappa shape index (κ2) is 3.95. The molecule has 0 bridgehead atoms. The van der Waals surface area contributed by atoms with Crippen molar-refractivity contribution in [3.63, 3.8) is 0 Å². The molecular formula is C13H15NO3. The Kier molecular flexibility index (Phi) is 2.42. The van der Waals surface area contributed by atoms with Gasteiger partial charge in [0.1, 0.15) is 12.4 Å². The van der Waals surface area contributed by atoms with Gasteiger partial charge < -0.3 is 14.7 Å². The number of hydrogen-bond acceptors (Lipinski definition) is 3. The van der Waals surface area contributed by atoms with Gasteiger partial charge in [-0.05, 0) is 25.0 Å². The molecule has 4 nitrogen and oxygen atoms in total. The van der Waals surface area contributed by atoms with Gasteiger partial charge in [-0.2, -0.15) is 0 Å². The van der Waals surface area contributed by atoms with E-state index in [1.165, 1.54) is 0 Å². The Hall–Kier alpha value is -1.71. The standard InChI is InChI=1S/C13H15NO3/c15-13(16)9-4-3-7-14-10-5-1-2-6-12(10)17-8-11(9)14/h1-2,5-6,9,11H,3-4,7-8H2,(H,15,16). The molecule has 1 N–H and O–H groups in total. The van der Waals surface area contributed by atoms with Crippen molar-refractivity contribution in [2.75, 3.05) is 18.1 Å². The van der Waals surface area contributed by atoms with Gasteiger partial charge >= 0.3 is 5.97 Å². The first-order chi connectivity index (χ1) is 8.27. The fraction of sp³-hybridized carbons (Fsp3) is 0.462. The predicted molar refractivity (Wildman–Crippen MR) is 63.4 cm³/mol. The van der Waals surface area contributed by atoms with Crippen molar-refractivity contribution in [2.24, 2.45) is 5.92 Å². The third-order valence-corrected chi connectivity index (χ3v) is 3.68. The zero-order valence-electron chi connectivity index (χ0n) is 9.50. The molecule has 3 rings (SSSR count). The number of ether oxygens (including phenoxy) is 1. The lowest BCUT2D eigenvalue weighted by molar-refractivity contribution is -0.143. The van der Waals surface area contributed by atoms with Crippen molar-refractivity contribution in [1.29, 1.82) is 0 Å². The molecule has 90 valence electrons. The summed E-state index contributed by atoms with van der Waals surface area (Å²) < 4.78 is 5.67. The van der Waals surface area contributed by atoms with Gasteiger partial charge in [-0.25, -0.2) is 0 Å². The maximum Gasteiger partial charge on any atom is 0.308 e. The molecular weight excluding hydrogens is 218 g/mol. The molecule has 0 aromatic heterocycles. The van der Waals surface area contributed by atoms with Crippen LogP contribution in [0, 0.1) is 5.92 Å². The van der Waals surface area contributed by atoms with Gasteiger partial charge in [0, 0.05) is 6.54 Å². The van der Waals surface area contributed by atoms with Crippen molar-refractivity contribution < 1.29 is 14.6 Å². The van der Waals surface area contributed by atoms with E-state index in [-0.39, 0.29) is 12.0 Å². The fourth-order valence-corrected chi connectivity index (χ4v) is 2.84. The monoisotopic (exact) mass is 233 g/mol. The first kappa shape index (κ1) is 10.4. The van der Waals surface area contributed by atoms with Crippen LogP contribution in [0.3, 0.4) is 0 Å². The topological polar surface area (TPSA) is 49.8 Å². The Morgan fingerprint density at radius 2 is 2.24 bits per heavy atom. The van der Waals surface area contributed by atoms with E-state index < -0.39 is 5.97 Å². The number of carboxylic acid groups (broad SMARTS) is 1. The maximum atomic E-state index is 11.2. The zero-order valence-corrected chi connectivity index (χ0v) is 9.50. The van der Waals surface area contributed by atoms with Gasteiger partial charge in [-0.3, -0.25) is 4.79 Å². The van der Waals surface area contributed by atoms with Crippen LogP contribution in [0.15, 0.2) is 24.3 Å². The van der Waals surface area contributed by atoms with Gasteiger partial charge in [0.2, 0.25) is 0 Å². The molecule has 2 aliphatic heterocycles. The lowest BCUT2D eigenvalue weighted by atomic mass is 9.88. The summed E-state index contributed by atoms with van der Waals surface area (Å²) in [6.07, 6.45) is 1.68. The van der Waals surface area contributed by atoms with Gasteiger partial charge in [0.25, 0.3) is 0 Å². The number of benzene rings is 1. The molecule has 0 aliphatic carbocycles. The largest absolute Gasteiger partial charge is 0.489 e. The number of aliphatic carboxylic acids is 1. The molecule has 0 amide bonds. The van der Waals surface area contributed by atoms with E-state index >= 15 is 0 Å². The minimum absolute atomic E-state index is 0.0175. The number of hydrogen-bond donors (Lipinski definition) is 1. The Bertz CT molecular complexity index is 446. The van der Waals surface area contributed by atoms with Gasteiger partial charge in [-0.1, -0.05) is 12.1 Å². The van der Waals surface area contributed by atoms with Gasteiger partial charge in [0.15, 0.2) is 0 Å². The molecule has 2 aliphatic rings. The number of carboxylic acids is 1. The molecule has 0 radical (unpaired) electrons. The average Bonchev–Trinajstić information content (AvgIpc) is 2.37. The van der Waals surface area contributed by atoms with Gasteiger partial charge in [-0.15, -0.1) is 0 Å². The summed E-state index contributed by atoms with van der Waals surface area (Å²) >= 11 is 0. The van der Waals surface area contributed by atoms with Crippen LogP contribution < -0.4 is 9.64 Å². The highest BCUT2D eigenvalue weighted by Crippen LogP contribution is 2.38. The van der Waals surface area contributed by atoms with E-state index in [9.17, 15) is 9.90 Å². The van der Waals surface area contributed by atoms with E-state index in [1.807, 2.05) is 24.3 Å². The summed E-state index contributed by atoms with van der Waals surface area (Å²) in [5.74, 6) is -0.144. The van der Waals surface area contributed by atoms with E-state index in [0.717, 1.165) is 30.8 Å². The summed E-state index contributed by atoms with van der Waals surface area (Å²) in [5, 5.41) is 9.24. The highest BCUT2D eigenvalue weighted by molar-refractivity contribution is 5.73. The van der Waals surface area contributed by atoms with E-state index in [2.05, 4.69) is 4.90 Å². The second-order valence-electron chi connectivity index (χ2n) is 4.63. The molecule has 0 saturated carbocycles. The molecule has 1 aromatic rings. The number of rotatable bonds is 1. The van der Waals surface area contributed by atoms with Crippen molar-refractivity contribution in [2.45, 2.75) is 18.9 Å². The molecule has 2 heterocycles. The van der Waals surface area contributed by atoms with Crippen LogP contribution in [0.1, 0.15) is 12.8 Å². The third kappa shape index (κ3) is 1.64. The summed E-state index contributed by atoms with van der Waals surface area (Å²) in [5.41, 5.74) is 1.04. The van der Waals surface area contributed by atoms with Crippen LogP contribution in [0.25, 0.3) is 0 Å². The average molecular weight is 233 g/mol. The number of fused-ring (bicyclic) bond motifs is 3. The maximum absolute atomic E-state index is 11.2. The van der Waals surface area contributed by atoms with Crippen LogP contribution in [-0.4, -0.2) is 30.3 Å². The normalized spacial score (nSPS) is 26.7. The van der Waals surface area contributed by atoms with Gasteiger partial charge in [0.05, 0.1) is 17.6 Å². The number of carbonyl (C=O) groups is 1. The number of nitrogens with zero attached hydrogens (tertiary/aromatic N) is 1. The molecule has 1 saturated heterocycles. The minimum Gasteiger partial charge on any atom is -0.489 e. The first-order valence-electron chi connectivity index (χ1n) is 5.98. The van der Waals surface area contributed by atoms with E-state index in [1.54, 1.807) is 0 Å². The molecule has 1 aromatic carbocycles. The number of piperidine rings is 1. The number of anilines is 1. The van der Waals surface area contributed by atoms with E-state index in [4.69, 9.17) is 4.74 Å². The fourth-order valence-electron chi connectivity index (χ4n) is 2.84. The lowest BCUT2D eigenvalue weighted by Crippen LogP contribution is -2.53. The molecule has 2 atom stereocenters. The summed E-state index contributed by atoms with van der Waals surface area (Å²) in [6.45, 7) is 1.41. The van der Waals surface area contributed by atoms with Crippen LogP contribution in [-0.2, 0) is 4.79 Å². The van der Waals surface area contributed by atoms with E-state index in [0.29, 0.717) is 6.61 Å². The Morgan fingerprint density at radius 3 is 3.06 bits per heavy atom. The quantitative estimate of drug-likeness (QED) is 0.802. The molecule has 0 spiro atoms. The highest BCUT2D eigenvalue weighted by atomic mass is 16.5. The van der Waals surface area contributed by atoms with Crippen molar-refractivity contribution in [1.82, 2.24) is 0 Å². The summed E-state index contributed by atoms with van der Waals surface area (Å²) in [4.78, 5) is 13.4. The van der Waals surface area contributed by atoms with Crippen LogP contribution in [0.5, 0.6) is 5.75 Å². The zero-order chi connectivity index (χ0) is 11.8. The van der Waals surface area contributed by atoms with Crippen molar-refractivity contribution >= 4 is 11.7 Å². The molecule has 17 heavy (non-hydrogen) atoms. The summed E-state index contributed by atoms with van der Waals surface area (Å²) in [7, 11) is 0. The highest BCUT2D eigenvalue weighted by Gasteiger charge is 2.39. The smallest absolute Gasteiger partial charge is 0.308 e. The summed E-state index contributed by atoms with van der Waals surface area (Å²) in [6, 6.07) is 7.84. The SMILES string of the molecule is O=C(O)C1CCCN2c3ccccc3OCC12. The lowest BCUT2D eigenvalue weighted by Gasteiger charge is -2.44. The Labute approximate surface area is 99.8 Å². The molecule has 2 unspecified atom stereocenters. The minimum atomic E-state index is -0.706. The van der Waals surface area contributed by atoms with Crippen LogP contribution >= 0.6 is 0 Å². The number of para-hydroxylation sites is 2.